The van der Waals surface area contributed by atoms with Gasteiger partial charge in [-0.05, 0) is 69.0 Å². The van der Waals surface area contributed by atoms with Gasteiger partial charge in [-0.25, -0.2) is 0 Å². The van der Waals surface area contributed by atoms with E-state index in [2.05, 4.69) is 28.0 Å². The number of aromatic nitrogens is 2. The summed E-state index contributed by atoms with van der Waals surface area (Å²) in [5.41, 5.74) is 1.33. The number of amides is 2. The van der Waals surface area contributed by atoms with Gasteiger partial charge in [-0.3, -0.25) is 14.3 Å². The number of hydrogen-bond donors (Lipinski definition) is 3. The number of nitrogens with zero attached hydrogens (tertiary/aromatic N) is 2. The molecule has 3 rings (SSSR count). The summed E-state index contributed by atoms with van der Waals surface area (Å²) >= 11 is 0. The lowest BCUT2D eigenvalue weighted by Crippen LogP contribution is -2.34. The monoisotopic (exact) mass is 419 g/mol. The van der Waals surface area contributed by atoms with Gasteiger partial charge in [-0.1, -0.05) is 13.0 Å². The van der Waals surface area contributed by atoms with Gasteiger partial charge in [-0.15, -0.1) is 12.4 Å². The van der Waals surface area contributed by atoms with Crippen LogP contribution in [0, 0.1) is 11.8 Å². The van der Waals surface area contributed by atoms with Crippen molar-refractivity contribution in [1.82, 2.24) is 15.1 Å². The Balaban J connectivity index is 0.00000300. The smallest absolute Gasteiger partial charge is 0.248 e. The Morgan fingerprint density at radius 2 is 2.00 bits per heavy atom. The first-order chi connectivity index (χ1) is 13.5. The van der Waals surface area contributed by atoms with Crippen LogP contribution in [0.1, 0.15) is 39.2 Å². The fraction of sp³-hybridized carbons (Fsp3) is 0.476. The molecular formula is C21H30ClN5O2. The molecule has 1 aliphatic rings. The zero-order valence-corrected chi connectivity index (χ0v) is 17.7. The van der Waals surface area contributed by atoms with Crippen molar-refractivity contribution in [1.29, 1.82) is 0 Å². The number of piperidine rings is 1. The van der Waals surface area contributed by atoms with Crippen molar-refractivity contribution in [2.24, 2.45) is 11.8 Å². The summed E-state index contributed by atoms with van der Waals surface area (Å²) in [6, 6.07) is 8.59. The molecule has 2 aromatic rings. The van der Waals surface area contributed by atoms with Crippen LogP contribution in [-0.2, 0) is 9.59 Å². The second-order valence-electron chi connectivity index (χ2n) is 7.57. The number of carbonyl (C=O) groups excluding carboxylic acids is 2. The second kappa shape index (κ2) is 11.0. The molecule has 7 nitrogen and oxygen atoms in total. The van der Waals surface area contributed by atoms with Crippen LogP contribution in [0.5, 0.6) is 0 Å². The lowest BCUT2D eigenvalue weighted by atomic mass is 9.85. The molecular weight excluding hydrogens is 390 g/mol. The van der Waals surface area contributed by atoms with Gasteiger partial charge in [0, 0.05) is 30.2 Å². The van der Waals surface area contributed by atoms with Crippen molar-refractivity contribution in [3.8, 4) is 0 Å². The van der Waals surface area contributed by atoms with Crippen molar-refractivity contribution in [2.45, 2.75) is 39.2 Å². The number of halogens is 1. The highest BCUT2D eigenvalue weighted by atomic mass is 35.5. The third-order valence-corrected chi connectivity index (χ3v) is 5.36. The second-order valence-corrected chi connectivity index (χ2v) is 7.57. The molecule has 1 saturated heterocycles. The van der Waals surface area contributed by atoms with Crippen LogP contribution in [0.3, 0.4) is 0 Å². The number of carbonyl (C=O) groups is 2. The fourth-order valence-corrected chi connectivity index (χ4v) is 3.59. The lowest BCUT2D eigenvalue weighted by molar-refractivity contribution is -0.119. The molecule has 1 fully saturated rings. The summed E-state index contributed by atoms with van der Waals surface area (Å²) in [6.07, 6.45) is 6.25. The van der Waals surface area contributed by atoms with Crippen molar-refractivity contribution >= 4 is 35.6 Å². The average Bonchev–Trinajstić information content (AvgIpc) is 3.23. The van der Waals surface area contributed by atoms with Gasteiger partial charge >= 0.3 is 0 Å². The summed E-state index contributed by atoms with van der Waals surface area (Å²) in [5.74, 6) is 0.733. The molecule has 1 aromatic carbocycles. The van der Waals surface area contributed by atoms with Crippen LogP contribution in [0.15, 0.2) is 42.7 Å². The Hall–Kier alpha value is -2.38. The highest BCUT2D eigenvalue weighted by molar-refractivity contribution is 5.95. The van der Waals surface area contributed by atoms with Crippen molar-refractivity contribution in [3.63, 3.8) is 0 Å². The minimum atomic E-state index is -0.418. The molecule has 158 valence electrons. The molecule has 3 unspecified atom stereocenters. The summed E-state index contributed by atoms with van der Waals surface area (Å²) < 4.78 is 1.60. The summed E-state index contributed by atoms with van der Waals surface area (Å²) in [7, 11) is 0. The third-order valence-electron chi connectivity index (χ3n) is 5.36. The van der Waals surface area contributed by atoms with Crippen molar-refractivity contribution in [2.75, 3.05) is 23.7 Å². The fourth-order valence-electron chi connectivity index (χ4n) is 3.59. The molecule has 0 bridgehead atoms. The van der Waals surface area contributed by atoms with Crippen molar-refractivity contribution < 1.29 is 9.59 Å². The first-order valence-electron chi connectivity index (χ1n) is 9.93. The Morgan fingerprint density at radius 3 is 2.66 bits per heavy atom. The molecule has 3 N–H and O–H groups in total. The predicted molar refractivity (Wildman–Crippen MR) is 117 cm³/mol. The van der Waals surface area contributed by atoms with Gasteiger partial charge in [0.25, 0.3) is 0 Å². The van der Waals surface area contributed by atoms with Crippen molar-refractivity contribution in [3.05, 3.63) is 42.7 Å². The maximum Gasteiger partial charge on any atom is 0.248 e. The van der Waals surface area contributed by atoms with Gasteiger partial charge in [-0.2, -0.15) is 5.10 Å². The van der Waals surface area contributed by atoms with Crippen LogP contribution >= 0.6 is 12.4 Å². The molecule has 0 saturated carbocycles. The number of anilines is 2. The molecule has 1 aromatic heterocycles. The molecule has 8 heteroatoms. The zero-order chi connectivity index (χ0) is 19.9. The molecule has 29 heavy (non-hydrogen) atoms. The van der Waals surface area contributed by atoms with Crippen LogP contribution in [0.2, 0.25) is 0 Å². The van der Waals surface area contributed by atoms with E-state index in [4.69, 9.17) is 0 Å². The molecule has 0 aliphatic carbocycles. The van der Waals surface area contributed by atoms with E-state index in [1.54, 1.807) is 42.2 Å². The minimum absolute atomic E-state index is 0. The summed E-state index contributed by atoms with van der Waals surface area (Å²) in [6.45, 7) is 6.00. The Bertz CT molecular complexity index is 790. The number of benzene rings is 1. The Labute approximate surface area is 178 Å². The van der Waals surface area contributed by atoms with Gasteiger partial charge in [0.2, 0.25) is 11.8 Å². The van der Waals surface area contributed by atoms with E-state index in [1.165, 1.54) is 12.8 Å². The van der Waals surface area contributed by atoms with E-state index in [9.17, 15) is 9.59 Å². The maximum atomic E-state index is 12.4. The van der Waals surface area contributed by atoms with E-state index in [0.29, 0.717) is 29.6 Å². The first kappa shape index (κ1) is 22.9. The molecule has 0 radical (unpaired) electrons. The van der Waals surface area contributed by atoms with Gasteiger partial charge in [0.1, 0.15) is 6.04 Å². The van der Waals surface area contributed by atoms with Crippen LogP contribution in [0.25, 0.3) is 0 Å². The largest absolute Gasteiger partial charge is 0.326 e. The summed E-state index contributed by atoms with van der Waals surface area (Å²) in [5, 5.41) is 13.3. The topological polar surface area (TPSA) is 88.1 Å². The third kappa shape index (κ3) is 6.58. The van der Waals surface area contributed by atoms with Gasteiger partial charge in [0.15, 0.2) is 0 Å². The number of rotatable bonds is 7. The van der Waals surface area contributed by atoms with E-state index < -0.39 is 6.04 Å². The quantitative estimate of drug-likeness (QED) is 0.641. The standard InChI is InChI=1S/C21H29N5O2.ClH/c1-15(17-6-4-9-22-14-17)12-20(27)24-18-7-3-8-19(13-18)25-21(28)16(2)26-11-5-10-23-26;/h3,5,7-8,10-11,13,15-17,22H,4,6,9,12,14H2,1-2H3,(H,24,27)(H,25,28);1H. The van der Waals surface area contributed by atoms with E-state index in [-0.39, 0.29) is 24.2 Å². The van der Waals surface area contributed by atoms with E-state index in [1.807, 2.05) is 12.1 Å². The highest BCUT2D eigenvalue weighted by Crippen LogP contribution is 2.23. The zero-order valence-electron chi connectivity index (χ0n) is 16.9. The normalized spacial score (nSPS) is 18.2. The van der Waals surface area contributed by atoms with E-state index in [0.717, 1.165) is 13.1 Å². The van der Waals surface area contributed by atoms with Crippen LogP contribution in [-0.4, -0.2) is 34.7 Å². The van der Waals surface area contributed by atoms with E-state index >= 15 is 0 Å². The Kier molecular flexibility index (Phi) is 8.67. The lowest BCUT2D eigenvalue weighted by Gasteiger charge is -2.28. The summed E-state index contributed by atoms with van der Waals surface area (Å²) in [4.78, 5) is 24.8. The number of nitrogens with one attached hydrogen (secondary N) is 3. The van der Waals surface area contributed by atoms with Crippen LogP contribution < -0.4 is 16.0 Å². The molecule has 2 heterocycles. The van der Waals surface area contributed by atoms with Crippen LogP contribution in [0.4, 0.5) is 11.4 Å². The maximum absolute atomic E-state index is 12.4. The molecule has 1 aliphatic heterocycles. The SMILES string of the molecule is CC(CC(=O)Nc1cccc(NC(=O)C(C)n2cccn2)c1)C1CCCNC1.Cl. The number of hydrogen-bond acceptors (Lipinski definition) is 4. The molecule has 3 atom stereocenters. The highest BCUT2D eigenvalue weighted by Gasteiger charge is 2.22. The Morgan fingerprint density at radius 1 is 1.24 bits per heavy atom. The van der Waals surface area contributed by atoms with Gasteiger partial charge < -0.3 is 16.0 Å². The minimum Gasteiger partial charge on any atom is -0.326 e. The first-order valence-corrected chi connectivity index (χ1v) is 9.93. The molecule has 2 amide bonds. The molecule has 0 spiro atoms. The predicted octanol–water partition coefficient (Wildman–Crippen LogP) is 3.47. The average molecular weight is 420 g/mol. The van der Waals surface area contributed by atoms with Gasteiger partial charge in [0.05, 0.1) is 0 Å².